The van der Waals surface area contributed by atoms with Gasteiger partial charge in [0.05, 0.1) is 18.0 Å². The highest BCUT2D eigenvalue weighted by Crippen LogP contribution is 2.07. The normalized spacial score (nSPS) is 11.7. The van der Waals surface area contributed by atoms with Gasteiger partial charge in [-0.1, -0.05) is 12.1 Å². The van der Waals surface area contributed by atoms with Crippen LogP contribution in [0.2, 0.25) is 0 Å². The number of rotatable bonds is 8. The van der Waals surface area contributed by atoms with Crippen molar-refractivity contribution in [2.75, 3.05) is 18.1 Å². The predicted molar refractivity (Wildman–Crippen MR) is 68.7 cm³/mol. The van der Waals surface area contributed by atoms with Gasteiger partial charge in [0, 0.05) is 12.2 Å². The first kappa shape index (κ1) is 15.6. The zero-order valence-electron chi connectivity index (χ0n) is 10.7. The summed E-state index contributed by atoms with van der Waals surface area (Å²) in [6, 6.07) is 0. The Morgan fingerprint density at radius 3 is 2.63 bits per heavy atom. The lowest BCUT2D eigenvalue weighted by Crippen LogP contribution is -2.19. The molecule has 108 valence electrons. The van der Waals surface area contributed by atoms with Gasteiger partial charge in [-0.3, -0.25) is 0 Å². The number of aromatic nitrogens is 3. The third kappa shape index (κ3) is 4.28. The van der Waals surface area contributed by atoms with Crippen LogP contribution in [0.3, 0.4) is 0 Å². The molecule has 8 nitrogen and oxygen atoms in total. The molecular formula is C10H18N4O4S. The maximum atomic E-state index is 11.6. The fraction of sp³-hybridized carbons (Fsp3) is 0.700. The number of aromatic carboxylic acids is 1. The number of carbonyl (C=O) groups is 1. The van der Waals surface area contributed by atoms with Crippen LogP contribution in [-0.2, 0) is 22.8 Å². The van der Waals surface area contributed by atoms with Crippen molar-refractivity contribution in [2.45, 2.75) is 26.3 Å². The molecule has 0 aliphatic carbocycles. The van der Waals surface area contributed by atoms with E-state index in [0.717, 1.165) is 0 Å². The maximum Gasteiger partial charge on any atom is 0.358 e. The standard InChI is InChI=1S/C10H18N4O4S/c1-2-6-19(17,18)7-5-14-8(3-4-11)9(10(15)16)12-13-14/h2-7,11H2,1H3,(H,15,16). The molecule has 3 N–H and O–H groups in total. The van der Waals surface area contributed by atoms with Crippen molar-refractivity contribution >= 4 is 15.8 Å². The molecule has 0 atom stereocenters. The third-order valence-corrected chi connectivity index (χ3v) is 4.39. The lowest BCUT2D eigenvalue weighted by molar-refractivity contribution is 0.0689. The lowest BCUT2D eigenvalue weighted by Gasteiger charge is -2.06. The highest BCUT2D eigenvalue weighted by atomic mass is 32.2. The Labute approximate surface area is 111 Å². The van der Waals surface area contributed by atoms with Crippen molar-refractivity contribution in [2.24, 2.45) is 5.73 Å². The molecular weight excluding hydrogens is 272 g/mol. The van der Waals surface area contributed by atoms with Crippen LogP contribution in [0.1, 0.15) is 29.5 Å². The Hall–Kier alpha value is -1.48. The molecule has 0 spiro atoms. The van der Waals surface area contributed by atoms with Gasteiger partial charge in [0.1, 0.15) is 0 Å². The van der Waals surface area contributed by atoms with Crippen LogP contribution in [0.25, 0.3) is 0 Å². The van der Waals surface area contributed by atoms with Crippen molar-refractivity contribution in [1.29, 1.82) is 0 Å². The Morgan fingerprint density at radius 1 is 1.42 bits per heavy atom. The number of carboxylic acid groups (broad SMARTS) is 1. The molecule has 19 heavy (non-hydrogen) atoms. The average Bonchev–Trinajstić information content (AvgIpc) is 2.70. The van der Waals surface area contributed by atoms with E-state index in [9.17, 15) is 13.2 Å². The first-order valence-electron chi connectivity index (χ1n) is 5.97. The van der Waals surface area contributed by atoms with Crippen molar-refractivity contribution in [3.05, 3.63) is 11.4 Å². The van der Waals surface area contributed by atoms with E-state index >= 15 is 0 Å². The second-order valence-corrected chi connectivity index (χ2v) is 6.41. The van der Waals surface area contributed by atoms with Crippen LogP contribution in [-0.4, -0.2) is 52.5 Å². The summed E-state index contributed by atoms with van der Waals surface area (Å²) in [5.41, 5.74) is 5.60. The molecule has 1 aromatic heterocycles. The molecule has 1 heterocycles. The molecule has 1 aromatic rings. The van der Waals surface area contributed by atoms with Gasteiger partial charge in [-0.2, -0.15) is 0 Å². The number of hydrogen-bond donors (Lipinski definition) is 2. The second kappa shape index (κ2) is 6.62. The Bertz CT molecular complexity index is 538. The molecule has 1 rings (SSSR count). The van der Waals surface area contributed by atoms with E-state index in [1.54, 1.807) is 6.92 Å². The molecule has 0 unspecified atom stereocenters. The molecule has 9 heteroatoms. The number of hydrogen-bond acceptors (Lipinski definition) is 6. The molecule has 0 bridgehead atoms. The first-order valence-corrected chi connectivity index (χ1v) is 7.79. The summed E-state index contributed by atoms with van der Waals surface area (Å²) in [6.45, 7) is 2.13. The minimum atomic E-state index is -3.14. The monoisotopic (exact) mass is 290 g/mol. The fourth-order valence-corrected chi connectivity index (χ4v) is 2.98. The molecule has 0 aliphatic heterocycles. The molecule has 0 saturated carbocycles. The van der Waals surface area contributed by atoms with Gasteiger partial charge >= 0.3 is 5.97 Å². The van der Waals surface area contributed by atoms with E-state index in [4.69, 9.17) is 10.8 Å². The fourth-order valence-electron chi connectivity index (χ4n) is 1.70. The van der Waals surface area contributed by atoms with Gasteiger partial charge in [0.15, 0.2) is 15.5 Å². The molecule has 0 aromatic carbocycles. The predicted octanol–water partition coefficient (Wildman–Crippen LogP) is -0.698. The number of nitrogens with two attached hydrogens (primary N) is 1. The van der Waals surface area contributed by atoms with E-state index in [1.165, 1.54) is 4.68 Å². The van der Waals surface area contributed by atoms with Gasteiger partial charge in [-0.15, -0.1) is 5.10 Å². The maximum absolute atomic E-state index is 11.6. The summed E-state index contributed by atoms with van der Waals surface area (Å²) in [6.07, 6.45) is 0.845. The Balaban J connectivity index is 2.87. The topological polar surface area (TPSA) is 128 Å². The Morgan fingerprint density at radius 2 is 2.11 bits per heavy atom. The van der Waals surface area contributed by atoms with E-state index in [1.807, 2.05) is 0 Å². The molecule has 0 amide bonds. The minimum absolute atomic E-state index is 0.0825. The van der Waals surface area contributed by atoms with E-state index in [-0.39, 0.29) is 30.3 Å². The van der Waals surface area contributed by atoms with E-state index < -0.39 is 15.8 Å². The van der Waals surface area contributed by atoms with Crippen molar-refractivity contribution in [3.63, 3.8) is 0 Å². The van der Waals surface area contributed by atoms with Gasteiger partial charge in [0.25, 0.3) is 0 Å². The summed E-state index contributed by atoms with van der Waals surface area (Å²) in [7, 11) is -3.14. The number of sulfone groups is 1. The average molecular weight is 290 g/mol. The summed E-state index contributed by atoms with van der Waals surface area (Å²) >= 11 is 0. The van der Waals surface area contributed by atoms with Crippen LogP contribution in [0.5, 0.6) is 0 Å². The zero-order chi connectivity index (χ0) is 14.5. The number of carboxylic acids is 1. The van der Waals surface area contributed by atoms with Crippen molar-refractivity contribution in [1.82, 2.24) is 15.0 Å². The molecule has 0 saturated heterocycles. The second-order valence-electron chi connectivity index (χ2n) is 4.10. The highest BCUT2D eigenvalue weighted by molar-refractivity contribution is 7.91. The SMILES string of the molecule is CCCS(=O)(=O)CCn1nnc(C(=O)O)c1CCN. The third-order valence-electron chi connectivity index (χ3n) is 2.55. The number of aryl methyl sites for hydroxylation is 1. The van der Waals surface area contributed by atoms with Crippen molar-refractivity contribution < 1.29 is 18.3 Å². The molecule has 0 fully saturated rings. The summed E-state index contributed by atoms with van der Waals surface area (Å²) < 4.78 is 24.5. The smallest absolute Gasteiger partial charge is 0.358 e. The van der Waals surface area contributed by atoms with Gasteiger partial charge in [0.2, 0.25) is 0 Å². The highest BCUT2D eigenvalue weighted by Gasteiger charge is 2.19. The van der Waals surface area contributed by atoms with Gasteiger partial charge < -0.3 is 10.8 Å². The lowest BCUT2D eigenvalue weighted by atomic mass is 10.2. The van der Waals surface area contributed by atoms with E-state index in [0.29, 0.717) is 18.5 Å². The first-order chi connectivity index (χ1) is 8.91. The largest absolute Gasteiger partial charge is 0.476 e. The number of nitrogens with zero attached hydrogens (tertiary/aromatic N) is 3. The molecule has 0 aliphatic rings. The summed E-state index contributed by atoms with van der Waals surface area (Å²) in [5.74, 6) is -1.16. The van der Waals surface area contributed by atoms with Crippen LogP contribution in [0.4, 0.5) is 0 Å². The van der Waals surface area contributed by atoms with E-state index in [2.05, 4.69) is 10.3 Å². The minimum Gasteiger partial charge on any atom is -0.476 e. The summed E-state index contributed by atoms with van der Waals surface area (Å²) in [4.78, 5) is 10.9. The van der Waals surface area contributed by atoms with Gasteiger partial charge in [-0.05, 0) is 13.0 Å². The van der Waals surface area contributed by atoms with Crippen LogP contribution in [0.15, 0.2) is 0 Å². The van der Waals surface area contributed by atoms with Gasteiger partial charge in [-0.25, -0.2) is 17.9 Å². The van der Waals surface area contributed by atoms with Crippen LogP contribution < -0.4 is 5.73 Å². The summed E-state index contributed by atoms with van der Waals surface area (Å²) in [5, 5.41) is 16.2. The van der Waals surface area contributed by atoms with Crippen LogP contribution >= 0.6 is 0 Å². The Kier molecular flexibility index (Phi) is 5.43. The zero-order valence-corrected chi connectivity index (χ0v) is 11.6. The van der Waals surface area contributed by atoms with Crippen LogP contribution in [0, 0.1) is 0 Å². The quantitative estimate of drug-likeness (QED) is 0.648. The van der Waals surface area contributed by atoms with Crippen molar-refractivity contribution in [3.8, 4) is 0 Å². The molecule has 0 radical (unpaired) electrons.